The van der Waals surface area contributed by atoms with Gasteiger partial charge in [-0.1, -0.05) is 30.3 Å². The van der Waals surface area contributed by atoms with E-state index in [9.17, 15) is 4.79 Å². The minimum Gasteiger partial charge on any atom is -0.340 e. The molecule has 0 bridgehead atoms. The zero-order valence-corrected chi connectivity index (χ0v) is 14.1. The van der Waals surface area contributed by atoms with Crippen LogP contribution in [0.2, 0.25) is 0 Å². The van der Waals surface area contributed by atoms with Crippen molar-refractivity contribution in [3.05, 3.63) is 35.9 Å². The van der Waals surface area contributed by atoms with E-state index in [-0.39, 0.29) is 18.3 Å². The third-order valence-corrected chi connectivity index (χ3v) is 4.90. The van der Waals surface area contributed by atoms with Crippen LogP contribution in [0.25, 0.3) is 0 Å². The Hall–Kier alpha value is -1.10. The number of hydrogen-bond donors (Lipinski definition) is 1. The van der Waals surface area contributed by atoms with Gasteiger partial charge in [0, 0.05) is 26.7 Å². The normalized spacial score (nSPS) is 24.4. The number of nitrogens with one attached hydrogen (secondary N) is 1. The second kappa shape index (κ2) is 7.44. The first-order valence-corrected chi connectivity index (χ1v) is 7.88. The van der Waals surface area contributed by atoms with Crippen LogP contribution < -0.4 is 5.32 Å². The minimum absolute atomic E-state index is 0. The molecule has 1 aromatic carbocycles. The van der Waals surface area contributed by atoms with Crippen LogP contribution in [0, 0.1) is 5.41 Å². The summed E-state index contributed by atoms with van der Waals surface area (Å²) in [5.41, 5.74) is 1.63. The third-order valence-electron chi connectivity index (χ3n) is 4.90. The minimum atomic E-state index is 0. The first-order valence-electron chi connectivity index (χ1n) is 7.88. The lowest BCUT2D eigenvalue weighted by Gasteiger charge is -2.24. The molecule has 0 saturated carbocycles. The smallest absolute Gasteiger partial charge is 0.236 e. The van der Waals surface area contributed by atoms with Gasteiger partial charge in [0.1, 0.15) is 0 Å². The maximum atomic E-state index is 12.4. The van der Waals surface area contributed by atoms with Crippen LogP contribution in [-0.2, 0) is 11.3 Å². The molecule has 5 heteroatoms. The molecule has 0 aromatic heterocycles. The van der Waals surface area contributed by atoms with Gasteiger partial charge in [-0.15, -0.1) is 12.4 Å². The largest absolute Gasteiger partial charge is 0.340 e. The van der Waals surface area contributed by atoms with E-state index in [0.29, 0.717) is 18.5 Å². The van der Waals surface area contributed by atoms with E-state index in [1.54, 1.807) is 0 Å². The van der Waals surface area contributed by atoms with Gasteiger partial charge in [-0.3, -0.25) is 9.69 Å². The fourth-order valence-electron chi connectivity index (χ4n) is 3.56. The van der Waals surface area contributed by atoms with Crippen LogP contribution in [0.5, 0.6) is 0 Å². The number of amides is 1. The Morgan fingerprint density at radius 2 is 2.09 bits per heavy atom. The highest BCUT2D eigenvalue weighted by Crippen LogP contribution is 2.35. The molecule has 2 fully saturated rings. The molecule has 3 rings (SSSR count). The first kappa shape index (κ1) is 17.3. The second-order valence-corrected chi connectivity index (χ2v) is 6.62. The summed E-state index contributed by atoms with van der Waals surface area (Å²) in [6.07, 6.45) is 2.49. The van der Waals surface area contributed by atoms with Crippen LogP contribution in [-0.4, -0.2) is 55.5 Å². The van der Waals surface area contributed by atoms with E-state index in [0.717, 1.165) is 26.2 Å². The average Bonchev–Trinajstić information content (AvgIpc) is 3.10. The van der Waals surface area contributed by atoms with Crippen molar-refractivity contribution < 1.29 is 4.79 Å². The number of halogens is 1. The molecule has 4 nitrogen and oxygen atoms in total. The summed E-state index contributed by atoms with van der Waals surface area (Å²) in [4.78, 5) is 16.5. The summed E-state index contributed by atoms with van der Waals surface area (Å²) in [5.74, 6) is 0.224. The lowest BCUT2D eigenvalue weighted by molar-refractivity contribution is -0.131. The van der Waals surface area contributed by atoms with Crippen molar-refractivity contribution in [2.45, 2.75) is 19.4 Å². The van der Waals surface area contributed by atoms with Crippen LogP contribution in [0.15, 0.2) is 30.3 Å². The molecule has 2 aliphatic heterocycles. The van der Waals surface area contributed by atoms with Crippen molar-refractivity contribution in [1.82, 2.24) is 15.1 Å². The van der Waals surface area contributed by atoms with Crippen molar-refractivity contribution in [2.75, 3.05) is 39.8 Å². The Labute approximate surface area is 139 Å². The highest BCUT2D eigenvalue weighted by molar-refractivity contribution is 5.85. The molecule has 1 aromatic rings. The zero-order valence-electron chi connectivity index (χ0n) is 13.3. The molecule has 2 heterocycles. The number of carbonyl (C=O) groups is 1. The molecule has 22 heavy (non-hydrogen) atoms. The molecule has 122 valence electrons. The number of benzene rings is 1. The summed E-state index contributed by atoms with van der Waals surface area (Å²) in [5, 5.41) is 3.46. The van der Waals surface area contributed by atoms with E-state index in [1.807, 2.05) is 30.1 Å². The number of nitrogens with zero attached hydrogens (tertiary/aromatic N) is 2. The first-order chi connectivity index (χ1) is 10.2. The molecule has 1 spiro atoms. The third kappa shape index (κ3) is 4.00. The maximum absolute atomic E-state index is 12.4. The highest BCUT2D eigenvalue weighted by atomic mass is 35.5. The standard InChI is InChI=1S/C17H25N3O.ClH/c1-19(11-15-5-3-2-4-6-15)16(21)12-20-10-8-17(14-20)7-9-18-13-17;/h2-6,18H,7-14H2,1H3;1H. The Kier molecular flexibility index (Phi) is 5.84. The van der Waals surface area contributed by atoms with Crippen LogP contribution in [0.3, 0.4) is 0 Å². The lowest BCUT2D eigenvalue weighted by atomic mass is 9.87. The Balaban J connectivity index is 0.00000176. The molecule has 0 aliphatic carbocycles. The Morgan fingerprint density at radius 1 is 1.32 bits per heavy atom. The summed E-state index contributed by atoms with van der Waals surface area (Å²) in [7, 11) is 1.90. The van der Waals surface area contributed by atoms with Crippen LogP contribution in [0.1, 0.15) is 18.4 Å². The van der Waals surface area contributed by atoms with E-state index in [2.05, 4.69) is 22.3 Å². The molecule has 2 saturated heterocycles. The molecular formula is C17H26ClN3O. The molecule has 1 unspecified atom stereocenters. The van der Waals surface area contributed by atoms with Crippen molar-refractivity contribution >= 4 is 18.3 Å². The topological polar surface area (TPSA) is 35.6 Å². The number of carbonyl (C=O) groups excluding carboxylic acids is 1. The van der Waals surface area contributed by atoms with Gasteiger partial charge in [-0.05, 0) is 36.9 Å². The predicted octanol–water partition coefficient (Wildman–Crippen LogP) is 1.75. The van der Waals surface area contributed by atoms with Gasteiger partial charge in [0.15, 0.2) is 0 Å². The van der Waals surface area contributed by atoms with Gasteiger partial charge < -0.3 is 10.2 Å². The average molecular weight is 324 g/mol. The fraction of sp³-hybridized carbons (Fsp3) is 0.588. The van der Waals surface area contributed by atoms with Gasteiger partial charge >= 0.3 is 0 Å². The van der Waals surface area contributed by atoms with Gasteiger partial charge in [0.05, 0.1) is 6.54 Å². The number of likely N-dealkylation sites (tertiary alicyclic amines) is 1. The summed E-state index contributed by atoms with van der Waals surface area (Å²) >= 11 is 0. The predicted molar refractivity (Wildman–Crippen MR) is 91.1 cm³/mol. The van der Waals surface area contributed by atoms with Gasteiger partial charge in [-0.25, -0.2) is 0 Å². The Morgan fingerprint density at radius 3 is 2.77 bits per heavy atom. The zero-order chi connectivity index (χ0) is 14.7. The quantitative estimate of drug-likeness (QED) is 0.917. The lowest BCUT2D eigenvalue weighted by Crippen LogP contribution is -2.38. The van der Waals surface area contributed by atoms with E-state index in [4.69, 9.17) is 0 Å². The molecule has 1 N–H and O–H groups in total. The molecule has 2 aliphatic rings. The second-order valence-electron chi connectivity index (χ2n) is 6.62. The number of hydrogen-bond acceptors (Lipinski definition) is 3. The SMILES string of the molecule is CN(Cc1ccccc1)C(=O)CN1CCC2(CCNC2)C1.Cl. The maximum Gasteiger partial charge on any atom is 0.236 e. The number of likely N-dealkylation sites (N-methyl/N-ethyl adjacent to an activating group) is 1. The van der Waals surface area contributed by atoms with E-state index < -0.39 is 0 Å². The molecule has 1 amide bonds. The monoisotopic (exact) mass is 323 g/mol. The van der Waals surface area contributed by atoms with Crippen molar-refractivity contribution in [1.29, 1.82) is 0 Å². The summed E-state index contributed by atoms with van der Waals surface area (Å²) in [6.45, 7) is 5.65. The van der Waals surface area contributed by atoms with Crippen LogP contribution in [0.4, 0.5) is 0 Å². The summed E-state index contributed by atoms with van der Waals surface area (Å²) < 4.78 is 0. The van der Waals surface area contributed by atoms with Gasteiger partial charge in [-0.2, -0.15) is 0 Å². The summed E-state index contributed by atoms with van der Waals surface area (Å²) in [6, 6.07) is 10.2. The fourth-order valence-corrected chi connectivity index (χ4v) is 3.56. The Bertz CT molecular complexity index is 488. The van der Waals surface area contributed by atoms with Crippen LogP contribution >= 0.6 is 12.4 Å². The van der Waals surface area contributed by atoms with Gasteiger partial charge in [0.25, 0.3) is 0 Å². The highest BCUT2D eigenvalue weighted by Gasteiger charge is 2.40. The van der Waals surface area contributed by atoms with Crippen molar-refractivity contribution in [3.8, 4) is 0 Å². The number of rotatable bonds is 4. The van der Waals surface area contributed by atoms with Crippen molar-refractivity contribution in [2.24, 2.45) is 5.41 Å². The van der Waals surface area contributed by atoms with Crippen molar-refractivity contribution in [3.63, 3.8) is 0 Å². The van der Waals surface area contributed by atoms with E-state index >= 15 is 0 Å². The molecular weight excluding hydrogens is 298 g/mol. The molecule has 1 atom stereocenters. The molecule has 0 radical (unpaired) electrons. The van der Waals surface area contributed by atoms with Gasteiger partial charge in [0.2, 0.25) is 5.91 Å². The van der Waals surface area contributed by atoms with E-state index in [1.165, 1.54) is 18.4 Å².